The van der Waals surface area contributed by atoms with Gasteiger partial charge in [0, 0.05) is 26.2 Å². The van der Waals surface area contributed by atoms with Gasteiger partial charge in [0.1, 0.15) is 0 Å². The van der Waals surface area contributed by atoms with Crippen molar-refractivity contribution in [3.63, 3.8) is 0 Å². The average Bonchev–Trinajstić information content (AvgIpc) is 3.07. The second kappa shape index (κ2) is 6.57. The van der Waals surface area contributed by atoms with Crippen molar-refractivity contribution in [2.75, 3.05) is 27.2 Å². The summed E-state index contributed by atoms with van der Waals surface area (Å²) in [6.07, 6.45) is 6.46. The second-order valence-corrected chi connectivity index (χ2v) is 7.65. The summed E-state index contributed by atoms with van der Waals surface area (Å²) < 4.78 is 0. The van der Waals surface area contributed by atoms with Crippen molar-refractivity contribution in [1.29, 1.82) is 0 Å². The highest BCUT2D eigenvalue weighted by molar-refractivity contribution is 5.91. The monoisotopic (exact) mass is 310 g/mol. The van der Waals surface area contributed by atoms with Crippen molar-refractivity contribution in [2.45, 2.75) is 52.0 Å². The number of carboxylic acids is 1. The first-order chi connectivity index (χ1) is 10.3. The van der Waals surface area contributed by atoms with E-state index in [1.54, 1.807) is 11.9 Å². The number of carbonyl (C=O) groups is 2. The normalized spacial score (nSPS) is 27.7. The summed E-state index contributed by atoms with van der Waals surface area (Å²) in [6.45, 7) is 5.27. The molecule has 2 rings (SSSR count). The molecule has 0 bridgehead atoms. The minimum Gasteiger partial charge on any atom is -0.481 e. The molecular weight excluding hydrogens is 280 g/mol. The lowest BCUT2D eigenvalue weighted by atomic mass is 9.94. The standard InChI is InChI=1S/C17H30N2O3/c1-17(2)13(14(17)16(21)22)15(20)19(4)11-10-18(3)12-8-6-5-7-9-12/h12-14H,5-11H2,1-4H3,(H,21,22)/t13-,14+/m0/s1. The van der Waals surface area contributed by atoms with E-state index in [0.717, 1.165) is 6.54 Å². The molecule has 0 aromatic carbocycles. The van der Waals surface area contributed by atoms with Crippen molar-refractivity contribution in [1.82, 2.24) is 9.80 Å². The van der Waals surface area contributed by atoms with E-state index in [4.69, 9.17) is 0 Å². The van der Waals surface area contributed by atoms with Crippen LogP contribution in [0.3, 0.4) is 0 Å². The lowest BCUT2D eigenvalue weighted by Gasteiger charge is -2.32. The molecule has 0 aromatic rings. The summed E-state index contributed by atoms with van der Waals surface area (Å²) in [6, 6.07) is 0.640. The van der Waals surface area contributed by atoms with Gasteiger partial charge in [-0.2, -0.15) is 0 Å². The summed E-state index contributed by atoms with van der Waals surface area (Å²) in [4.78, 5) is 27.8. The first-order valence-electron chi connectivity index (χ1n) is 8.45. The molecule has 0 heterocycles. The Morgan fingerprint density at radius 1 is 1.05 bits per heavy atom. The highest BCUT2D eigenvalue weighted by Gasteiger charge is 2.66. The third-order valence-corrected chi connectivity index (χ3v) is 5.72. The van der Waals surface area contributed by atoms with Crippen LogP contribution in [0.1, 0.15) is 46.0 Å². The van der Waals surface area contributed by atoms with Crippen LogP contribution in [-0.2, 0) is 9.59 Å². The van der Waals surface area contributed by atoms with Gasteiger partial charge < -0.3 is 14.9 Å². The molecular formula is C17H30N2O3. The first kappa shape index (κ1) is 17.3. The van der Waals surface area contributed by atoms with Crippen LogP contribution in [0.2, 0.25) is 0 Å². The largest absolute Gasteiger partial charge is 0.481 e. The van der Waals surface area contributed by atoms with Crippen LogP contribution < -0.4 is 0 Å². The van der Waals surface area contributed by atoms with Gasteiger partial charge in [-0.05, 0) is 25.3 Å². The molecule has 0 aliphatic heterocycles. The van der Waals surface area contributed by atoms with Gasteiger partial charge in [-0.15, -0.1) is 0 Å². The summed E-state index contributed by atoms with van der Waals surface area (Å²) in [7, 11) is 3.93. The van der Waals surface area contributed by atoms with Gasteiger partial charge in [0.25, 0.3) is 0 Å². The average molecular weight is 310 g/mol. The Morgan fingerprint density at radius 2 is 1.64 bits per heavy atom. The Hall–Kier alpha value is -1.10. The Labute approximate surface area is 133 Å². The molecule has 5 heteroatoms. The number of aliphatic carboxylic acids is 1. The van der Waals surface area contributed by atoms with Crippen molar-refractivity contribution < 1.29 is 14.7 Å². The fraction of sp³-hybridized carbons (Fsp3) is 0.882. The Morgan fingerprint density at radius 3 is 2.14 bits per heavy atom. The Bertz CT molecular complexity index is 430. The maximum Gasteiger partial charge on any atom is 0.307 e. The van der Waals surface area contributed by atoms with E-state index in [0.29, 0.717) is 12.6 Å². The van der Waals surface area contributed by atoms with Crippen molar-refractivity contribution in [3.05, 3.63) is 0 Å². The summed E-state index contributed by atoms with van der Waals surface area (Å²) in [5.41, 5.74) is -0.410. The van der Waals surface area contributed by atoms with Crippen LogP contribution in [0.4, 0.5) is 0 Å². The van der Waals surface area contributed by atoms with E-state index < -0.39 is 17.3 Å². The number of rotatable bonds is 6. The van der Waals surface area contributed by atoms with E-state index in [9.17, 15) is 14.7 Å². The molecule has 2 fully saturated rings. The molecule has 126 valence electrons. The number of carboxylic acid groups (broad SMARTS) is 1. The molecule has 0 spiro atoms. The maximum absolute atomic E-state index is 12.5. The number of amides is 1. The second-order valence-electron chi connectivity index (χ2n) is 7.65. The van der Waals surface area contributed by atoms with Gasteiger partial charge in [-0.25, -0.2) is 0 Å². The van der Waals surface area contributed by atoms with Gasteiger partial charge in [0.15, 0.2) is 0 Å². The van der Waals surface area contributed by atoms with Crippen LogP contribution in [0.25, 0.3) is 0 Å². The van der Waals surface area contributed by atoms with Crippen LogP contribution in [0.15, 0.2) is 0 Å². The van der Waals surface area contributed by atoms with E-state index in [2.05, 4.69) is 11.9 Å². The molecule has 0 radical (unpaired) electrons. The Balaban J connectivity index is 1.81. The fourth-order valence-electron chi connectivity index (χ4n) is 3.92. The van der Waals surface area contributed by atoms with Gasteiger partial charge in [-0.1, -0.05) is 33.1 Å². The predicted molar refractivity (Wildman–Crippen MR) is 85.5 cm³/mol. The van der Waals surface area contributed by atoms with E-state index in [-0.39, 0.29) is 11.8 Å². The molecule has 22 heavy (non-hydrogen) atoms. The zero-order valence-corrected chi connectivity index (χ0v) is 14.3. The number of hydrogen-bond donors (Lipinski definition) is 1. The molecule has 0 aromatic heterocycles. The van der Waals surface area contributed by atoms with E-state index in [1.165, 1.54) is 32.1 Å². The minimum atomic E-state index is -0.851. The van der Waals surface area contributed by atoms with Gasteiger partial charge in [0.2, 0.25) is 5.91 Å². The van der Waals surface area contributed by atoms with Gasteiger partial charge in [0.05, 0.1) is 11.8 Å². The maximum atomic E-state index is 12.5. The topological polar surface area (TPSA) is 60.9 Å². The Kier molecular flexibility index (Phi) is 5.15. The minimum absolute atomic E-state index is 0.0190. The zero-order chi connectivity index (χ0) is 16.5. The third kappa shape index (κ3) is 3.45. The lowest BCUT2D eigenvalue weighted by molar-refractivity contribution is -0.141. The van der Waals surface area contributed by atoms with E-state index in [1.807, 2.05) is 13.8 Å². The van der Waals surface area contributed by atoms with Crippen LogP contribution in [-0.4, -0.2) is 60.0 Å². The molecule has 0 unspecified atom stereocenters. The SMILES string of the molecule is CN(CCN(C)C1CCCCC1)C(=O)[C@@H]1[C@H](C(=O)O)C1(C)C. The van der Waals surface area contributed by atoms with Crippen LogP contribution in [0.5, 0.6) is 0 Å². The van der Waals surface area contributed by atoms with Gasteiger partial charge in [-0.3, -0.25) is 9.59 Å². The molecule has 1 amide bonds. The fourth-order valence-corrected chi connectivity index (χ4v) is 3.92. The number of nitrogens with zero attached hydrogens (tertiary/aromatic N) is 2. The third-order valence-electron chi connectivity index (χ3n) is 5.72. The van der Waals surface area contributed by atoms with Crippen LogP contribution in [0, 0.1) is 17.3 Å². The highest BCUT2D eigenvalue weighted by Crippen LogP contribution is 2.58. The number of hydrogen-bond acceptors (Lipinski definition) is 3. The molecule has 2 saturated carbocycles. The van der Waals surface area contributed by atoms with Crippen molar-refractivity contribution in [2.24, 2.45) is 17.3 Å². The van der Waals surface area contributed by atoms with Crippen molar-refractivity contribution in [3.8, 4) is 0 Å². The molecule has 5 nitrogen and oxygen atoms in total. The molecule has 0 saturated heterocycles. The molecule has 1 N–H and O–H groups in total. The summed E-state index contributed by atoms with van der Waals surface area (Å²) in [5.74, 6) is -1.76. The van der Waals surface area contributed by atoms with Gasteiger partial charge >= 0.3 is 5.97 Å². The lowest BCUT2D eigenvalue weighted by Crippen LogP contribution is -2.41. The van der Waals surface area contributed by atoms with E-state index >= 15 is 0 Å². The zero-order valence-electron chi connectivity index (χ0n) is 14.3. The quantitative estimate of drug-likeness (QED) is 0.816. The summed E-state index contributed by atoms with van der Waals surface area (Å²) in [5, 5.41) is 9.20. The number of likely N-dealkylation sites (N-methyl/N-ethyl adjacent to an activating group) is 2. The molecule has 2 aliphatic rings. The molecule has 2 aliphatic carbocycles. The van der Waals surface area contributed by atoms with Crippen LogP contribution >= 0.6 is 0 Å². The van der Waals surface area contributed by atoms with Crippen molar-refractivity contribution >= 4 is 11.9 Å². The smallest absolute Gasteiger partial charge is 0.307 e. The summed E-state index contributed by atoms with van der Waals surface area (Å²) >= 11 is 0. The highest BCUT2D eigenvalue weighted by atomic mass is 16.4. The number of carbonyl (C=O) groups excluding carboxylic acids is 1. The molecule has 2 atom stereocenters. The predicted octanol–water partition coefficient (Wildman–Crippen LogP) is 2.07. The first-order valence-corrected chi connectivity index (χ1v) is 8.45.